The van der Waals surface area contributed by atoms with E-state index < -0.39 is 17.9 Å². The van der Waals surface area contributed by atoms with E-state index in [1.165, 1.54) is 14.2 Å². The molecule has 0 aromatic heterocycles. The first kappa shape index (κ1) is 14.6. The molecule has 0 radical (unpaired) electrons. The molecule has 5 nitrogen and oxygen atoms in total. The maximum Gasteiger partial charge on any atom is 0.320 e. The van der Waals surface area contributed by atoms with Crippen LogP contribution in [-0.2, 0) is 23.9 Å². The van der Waals surface area contributed by atoms with Crippen molar-refractivity contribution in [2.45, 2.75) is 26.2 Å². The zero-order chi connectivity index (χ0) is 12.6. The van der Waals surface area contributed by atoms with E-state index in [1.807, 2.05) is 6.92 Å². The van der Waals surface area contributed by atoms with Gasteiger partial charge < -0.3 is 14.3 Å². The van der Waals surface area contributed by atoms with Crippen molar-refractivity contribution in [3.05, 3.63) is 0 Å². The predicted octanol–water partition coefficient (Wildman–Crippen LogP) is 0.954. The highest BCUT2D eigenvalue weighted by Crippen LogP contribution is 2.23. The summed E-state index contributed by atoms with van der Waals surface area (Å²) >= 11 is 0. The third kappa shape index (κ3) is 4.00. The lowest BCUT2D eigenvalue weighted by Crippen LogP contribution is -2.33. The highest BCUT2D eigenvalue weighted by atomic mass is 16.5. The molecule has 0 bridgehead atoms. The van der Waals surface area contributed by atoms with Crippen molar-refractivity contribution in [1.29, 1.82) is 0 Å². The van der Waals surface area contributed by atoms with Gasteiger partial charge in [-0.25, -0.2) is 0 Å². The van der Waals surface area contributed by atoms with Crippen molar-refractivity contribution in [3.63, 3.8) is 0 Å². The Kier molecular flexibility index (Phi) is 7.16. The lowest BCUT2D eigenvalue weighted by atomic mass is 9.86. The molecule has 1 atom stereocenters. The third-order valence-corrected chi connectivity index (χ3v) is 2.44. The van der Waals surface area contributed by atoms with Crippen LogP contribution in [0.2, 0.25) is 0 Å². The van der Waals surface area contributed by atoms with Crippen molar-refractivity contribution in [2.24, 2.45) is 11.8 Å². The number of hydrogen-bond acceptors (Lipinski definition) is 5. The number of hydrogen-bond donors (Lipinski definition) is 0. The van der Waals surface area contributed by atoms with Gasteiger partial charge in [-0.3, -0.25) is 9.59 Å². The molecule has 0 amide bonds. The Morgan fingerprint density at radius 1 is 1.19 bits per heavy atom. The lowest BCUT2D eigenvalue weighted by Gasteiger charge is -2.20. The molecule has 0 heterocycles. The number of carbonyl (C=O) groups is 3. The van der Waals surface area contributed by atoms with Crippen LogP contribution >= 0.6 is 0 Å². The molecule has 0 aromatic rings. The average Bonchev–Trinajstić information content (AvgIpc) is 2.29. The minimum Gasteiger partial charge on any atom is -0.468 e. The van der Waals surface area contributed by atoms with Gasteiger partial charge >= 0.3 is 11.9 Å². The summed E-state index contributed by atoms with van der Waals surface area (Å²) in [6, 6.07) is 0. The van der Waals surface area contributed by atoms with Crippen LogP contribution in [0.5, 0.6) is 0 Å². The third-order valence-electron chi connectivity index (χ3n) is 2.44. The van der Waals surface area contributed by atoms with Gasteiger partial charge in [0, 0.05) is 6.42 Å². The molecule has 0 saturated heterocycles. The van der Waals surface area contributed by atoms with Gasteiger partial charge in [0.15, 0.2) is 5.92 Å². The molecule has 0 fully saturated rings. The second kappa shape index (κ2) is 7.84. The van der Waals surface area contributed by atoms with Gasteiger partial charge in [-0.15, -0.1) is 0 Å². The largest absolute Gasteiger partial charge is 0.468 e. The summed E-state index contributed by atoms with van der Waals surface area (Å²) in [5, 5.41) is 0. The second-order valence-corrected chi connectivity index (χ2v) is 3.48. The summed E-state index contributed by atoms with van der Waals surface area (Å²) in [7, 11) is 2.42. The van der Waals surface area contributed by atoms with Crippen molar-refractivity contribution in [2.75, 3.05) is 14.2 Å². The fraction of sp³-hybridized carbons (Fsp3) is 0.727. The first-order valence-corrected chi connectivity index (χ1v) is 5.21. The van der Waals surface area contributed by atoms with Gasteiger partial charge in [0.05, 0.1) is 14.2 Å². The Labute approximate surface area is 95.1 Å². The standard InChI is InChI=1S/C11H18O5/c1-4-5-8(6-7-12)9(10(13)15-2)11(14)16-3/h7-9H,4-6H2,1-3H3/t8-/m1/s1. The first-order valence-electron chi connectivity index (χ1n) is 5.21. The Morgan fingerprint density at radius 2 is 1.69 bits per heavy atom. The Morgan fingerprint density at radius 3 is 2.00 bits per heavy atom. The molecule has 0 aliphatic rings. The first-order chi connectivity index (χ1) is 7.62. The van der Waals surface area contributed by atoms with E-state index in [0.717, 1.165) is 6.42 Å². The van der Waals surface area contributed by atoms with Crippen LogP contribution in [0, 0.1) is 11.8 Å². The van der Waals surface area contributed by atoms with Gasteiger partial charge in [-0.2, -0.15) is 0 Å². The average molecular weight is 230 g/mol. The quantitative estimate of drug-likeness (QED) is 0.370. The maximum absolute atomic E-state index is 11.5. The summed E-state index contributed by atoms with van der Waals surface area (Å²) in [5.41, 5.74) is 0. The number of methoxy groups -OCH3 is 2. The summed E-state index contributed by atoms with van der Waals surface area (Å²) < 4.78 is 9.11. The minimum atomic E-state index is -1.000. The van der Waals surface area contributed by atoms with Crippen LogP contribution in [0.4, 0.5) is 0 Å². The molecule has 0 unspecified atom stereocenters. The minimum absolute atomic E-state index is 0.155. The zero-order valence-electron chi connectivity index (χ0n) is 9.89. The monoisotopic (exact) mass is 230 g/mol. The van der Waals surface area contributed by atoms with E-state index in [2.05, 4.69) is 9.47 Å². The molecular formula is C11H18O5. The van der Waals surface area contributed by atoms with Gasteiger partial charge in [-0.1, -0.05) is 13.3 Å². The summed E-state index contributed by atoms with van der Waals surface area (Å²) in [4.78, 5) is 33.4. The van der Waals surface area contributed by atoms with E-state index in [-0.39, 0.29) is 12.3 Å². The zero-order valence-corrected chi connectivity index (χ0v) is 9.89. The number of aldehydes is 1. The molecule has 0 spiro atoms. The number of carbonyl (C=O) groups excluding carboxylic acids is 3. The molecule has 16 heavy (non-hydrogen) atoms. The van der Waals surface area contributed by atoms with Crippen molar-refractivity contribution >= 4 is 18.2 Å². The second-order valence-electron chi connectivity index (χ2n) is 3.48. The van der Waals surface area contributed by atoms with Crippen molar-refractivity contribution < 1.29 is 23.9 Å². The van der Waals surface area contributed by atoms with Crippen LogP contribution in [-0.4, -0.2) is 32.4 Å². The number of esters is 2. The van der Waals surface area contributed by atoms with E-state index in [9.17, 15) is 14.4 Å². The smallest absolute Gasteiger partial charge is 0.320 e. The van der Waals surface area contributed by atoms with E-state index in [1.54, 1.807) is 0 Å². The molecular weight excluding hydrogens is 212 g/mol. The Hall–Kier alpha value is -1.39. The molecule has 0 aliphatic carbocycles. The molecule has 0 rings (SSSR count). The summed E-state index contributed by atoms with van der Waals surface area (Å²) in [6.45, 7) is 1.92. The van der Waals surface area contributed by atoms with E-state index in [4.69, 9.17) is 0 Å². The van der Waals surface area contributed by atoms with Crippen molar-refractivity contribution in [1.82, 2.24) is 0 Å². The molecule has 5 heteroatoms. The van der Waals surface area contributed by atoms with Crippen LogP contribution in [0.3, 0.4) is 0 Å². The molecule has 0 aliphatic heterocycles. The number of rotatable bonds is 7. The van der Waals surface area contributed by atoms with Crippen molar-refractivity contribution in [3.8, 4) is 0 Å². The molecule has 0 N–H and O–H groups in total. The normalized spacial score (nSPS) is 12.0. The Balaban J connectivity index is 4.86. The van der Waals surface area contributed by atoms with E-state index in [0.29, 0.717) is 12.7 Å². The fourth-order valence-corrected chi connectivity index (χ4v) is 1.65. The van der Waals surface area contributed by atoms with Crippen LogP contribution < -0.4 is 0 Å². The highest BCUT2D eigenvalue weighted by molar-refractivity contribution is 5.95. The molecule has 92 valence electrons. The fourth-order valence-electron chi connectivity index (χ4n) is 1.65. The lowest BCUT2D eigenvalue weighted by molar-refractivity contribution is -0.161. The van der Waals surface area contributed by atoms with Crippen LogP contribution in [0.1, 0.15) is 26.2 Å². The van der Waals surface area contributed by atoms with Gasteiger partial charge in [0.2, 0.25) is 0 Å². The van der Waals surface area contributed by atoms with E-state index >= 15 is 0 Å². The molecule has 0 saturated carbocycles. The highest BCUT2D eigenvalue weighted by Gasteiger charge is 2.35. The van der Waals surface area contributed by atoms with Crippen LogP contribution in [0.25, 0.3) is 0 Å². The van der Waals surface area contributed by atoms with Gasteiger partial charge in [0.1, 0.15) is 6.29 Å². The topological polar surface area (TPSA) is 69.7 Å². The summed E-state index contributed by atoms with van der Waals surface area (Å²) in [5.74, 6) is -2.64. The number of ether oxygens (including phenoxy) is 2. The molecule has 0 aromatic carbocycles. The van der Waals surface area contributed by atoms with Gasteiger partial charge in [0.25, 0.3) is 0 Å². The predicted molar refractivity (Wildman–Crippen MR) is 56.6 cm³/mol. The van der Waals surface area contributed by atoms with Gasteiger partial charge in [-0.05, 0) is 12.3 Å². The maximum atomic E-state index is 11.5. The Bertz CT molecular complexity index is 233. The summed E-state index contributed by atoms with van der Waals surface area (Å²) in [6.07, 6.45) is 2.25. The van der Waals surface area contributed by atoms with Crippen LogP contribution in [0.15, 0.2) is 0 Å². The SMILES string of the molecule is CCC[C@H](CC=O)C(C(=O)OC)C(=O)OC.